The molecule has 168 valence electrons. The summed E-state index contributed by atoms with van der Waals surface area (Å²) in [5.41, 5.74) is 0.256. The second-order valence-corrected chi connectivity index (χ2v) is 8.85. The highest BCUT2D eigenvalue weighted by atomic mass is 16.6. The number of nitrogens with one attached hydrogen (secondary N) is 1. The van der Waals surface area contributed by atoms with Crippen LogP contribution in [0.2, 0.25) is 0 Å². The van der Waals surface area contributed by atoms with Crippen molar-refractivity contribution in [1.29, 1.82) is 0 Å². The van der Waals surface area contributed by atoms with Crippen molar-refractivity contribution in [1.82, 2.24) is 19.8 Å². The van der Waals surface area contributed by atoms with Gasteiger partial charge in [-0.2, -0.15) is 0 Å². The van der Waals surface area contributed by atoms with E-state index in [9.17, 15) is 9.59 Å². The molecular weight excluding hydrogens is 396 g/mol. The van der Waals surface area contributed by atoms with E-state index in [-0.39, 0.29) is 17.9 Å². The summed E-state index contributed by atoms with van der Waals surface area (Å²) in [5, 5.41) is 3.15. The number of imidazole rings is 1. The van der Waals surface area contributed by atoms with Crippen LogP contribution in [0.1, 0.15) is 51.0 Å². The smallest absolute Gasteiger partial charge is 0.410 e. The maximum atomic E-state index is 13.3. The number of likely N-dealkylation sites (tertiary alicyclic amines) is 1. The average Bonchev–Trinajstić information content (AvgIpc) is 3.16. The number of carbonyl (C=O) groups is 2. The predicted molar refractivity (Wildman–Crippen MR) is 117 cm³/mol. The zero-order valence-electron chi connectivity index (χ0n) is 18.9. The van der Waals surface area contributed by atoms with Crippen LogP contribution in [0.15, 0.2) is 36.7 Å². The van der Waals surface area contributed by atoms with E-state index in [1.165, 1.54) is 0 Å². The van der Waals surface area contributed by atoms with E-state index in [1.54, 1.807) is 18.2 Å². The molecule has 31 heavy (non-hydrogen) atoms. The molecule has 3 rings (SSSR count). The van der Waals surface area contributed by atoms with Gasteiger partial charge in [-0.15, -0.1) is 0 Å². The van der Waals surface area contributed by atoms with E-state index in [0.717, 1.165) is 12.0 Å². The standard InChI is InChI=1S/C23H32N4O4/c1-23(2,3)31-22(29)27-13-8-9-16(15-27)21(28)25-19(20-24-12-14-26(20)4)17-10-6-7-11-18(17)30-5/h6-7,10-12,14,16,19H,8-9,13,15H2,1-5H3,(H,25,28)/t16-,19+/m1/s1. The maximum absolute atomic E-state index is 13.3. The Morgan fingerprint density at radius 3 is 2.65 bits per heavy atom. The van der Waals surface area contributed by atoms with E-state index in [4.69, 9.17) is 9.47 Å². The number of aryl methyl sites for hydroxylation is 1. The van der Waals surface area contributed by atoms with Gasteiger partial charge in [0.05, 0.1) is 13.0 Å². The number of hydrogen-bond acceptors (Lipinski definition) is 5. The summed E-state index contributed by atoms with van der Waals surface area (Å²) >= 11 is 0. The first-order valence-electron chi connectivity index (χ1n) is 10.6. The number of ether oxygens (including phenoxy) is 2. The van der Waals surface area contributed by atoms with E-state index < -0.39 is 11.6 Å². The minimum Gasteiger partial charge on any atom is -0.496 e. The summed E-state index contributed by atoms with van der Waals surface area (Å²) < 4.78 is 12.9. The van der Waals surface area contributed by atoms with Crippen molar-refractivity contribution in [2.75, 3.05) is 20.2 Å². The zero-order chi connectivity index (χ0) is 22.6. The fraction of sp³-hybridized carbons (Fsp3) is 0.522. The number of nitrogens with zero attached hydrogens (tertiary/aromatic N) is 3. The molecule has 1 aliphatic heterocycles. The molecule has 1 N–H and O–H groups in total. The molecule has 2 atom stereocenters. The average molecular weight is 429 g/mol. The number of amides is 2. The van der Waals surface area contributed by atoms with Gasteiger partial charge >= 0.3 is 6.09 Å². The first-order chi connectivity index (χ1) is 14.7. The van der Waals surface area contributed by atoms with Crippen LogP contribution in [0.5, 0.6) is 5.75 Å². The van der Waals surface area contributed by atoms with Crippen LogP contribution in [0.4, 0.5) is 4.79 Å². The highest BCUT2D eigenvalue weighted by molar-refractivity contribution is 5.81. The Morgan fingerprint density at radius 2 is 2.00 bits per heavy atom. The van der Waals surface area contributed by atoms with E-state index in [0.29, 0.717) is 31.1 Å². The van der Waals surface area contributed by atoms with Gasteiger partial charge in [0.1, 0.15) is 23.2 Å². The molecule has 0 aliphatic carbocycles. The Balaban J connectivity index is 1.79. The van der Waals surface area contributed by atoms with E-state index in [1.807, 2.05) is 62.8 Å². The van der Waals surface area contributed by atoms with Crippen molar-refractivity contribution >= 4 is 12.0 Å². The van der Waals surface area contributed by atoms with Crippen LogP contribution in [0.3, 0.4) is 0 Å². The van der Waals surface area contributed by atoms with Gasteiger partial charge < -0.3 is 24.3 Å². The predicted octanol–water partition coefficient (Wildman–Crippen LogP) is 3.28. The van der Waals surface area contributed by atoms with Crippen molar-refractivity contribution in [2.45, 2.75) is 45.3 Å². The van der Waals surface area contributed by atoms with Crippen molar-refractivity contribution in [2.24, 2.45) is 13.0 Å². The molecule has 1 saturated heterocycles. The van der Waals surface area contributed by atoms with Crippen LogP contribution < -0.4 is 10.1 Å². The molecule has 0 radical (unpaired) electrons. The Bertz CT molecular complexity index is 918. The van der Waals surface area contributed by atoms with Crippen LogP contribution in [-0.2, 0) is 16.6 Å². The number of para-hydroxylation sites is 1. The van der Waals surface area contributed by atoms with Crippen LogP contribution in [0.25, 0.3) is 0 Å². The highest BCUT2D eigenvalue weighted by Gasteiger charge is 2.33. The van der Waals surface area contributed by atoms with Gasteiger partial charge in [0, 0.05) is 38.1 Å². The third kappa shape index (κ3) is 5.57. The van der Waals surface area contributed by atoms with Gasteiger partial charge in [-0.05, 0) is 39.7 Å². The maximum Gasteiger partial charge on any atom is 0.410 e. The molecule has 1 aromatic carbocycles. The molecule has 1 aromatic heterocycles. The normalized spacial score (nSPS) is 17.7. The summed E-state index contributed by atoms with van der Waals surface area (Å²) in [7, 11) is 3.50. The van der Waals surface area contributed by atoms with Gasteiger partial charge in [-0.25, -0.2) is 9.78 Å². The number of rotatable bonds is 5. The number of carbonyl (C=O) groups excluding carboxylic acids is 2. The summed E-state index contributed by atoms with van der Waals surface area (Å²) in [6.07, 6.45) is 4.63. The van der Waals surface area contributed by atoms with Crippen molar-refractivity contribution in [3.8, 4) is 5.75 Å². The summed E-state index contributed by atoms with van der Waals surface area (Å²) in [5.74, 6) is 0.943. The summed E-state index contributed by atoms with van der Waals surface area (Å²) in [6.45, 7) is 6.44. The van der Waals surface area contributed by atoms with Gasteiger partial charge in [-0.1, -0.05) is 18.2 Å². The second-order valence-electron chi connectivity index (χ2n) is 8.85. The minimum atomic E-state index is -0.570. The fourth-order valence-corrected chi connectivity index (χ4v) is 3.79. The van der Waals surface area contributed by atoms with Gasteiger partial charge in [0.15, 0.2) is 0 Å². The molecule has 0 bridgehead atoms. The lowest BCUT2D eigenvalue weighted by Gasteiger charge is -2.34. The number of benzene rings is 1. The number of hydrogen-bond donors (Lipinski definition) is 1. The Morgan fingerprint density at radius 1 is 1.26 bits per heavy atom. The summed E-state index contributed by atoms with van der Waals surface area (Å²) in [4.78, 5) is 31.8. The van der Waals surface area contributed by atoms with Gasteiger partial charge in [0.2, 0.25) is 5.91 Å². The monoisotopic (exact) mass is 428 g/mol. The van der Waals surface area contributed by atoms with E-state index >= 15 is 0 Å². The first kappa shape index (κ1) is 22.7. The Labute approximate surface area is 183 Å². The summed E-state index contributed by atoms with van der Waals surface area (Å²) in [6, 6.07) is 7.11. The van der Waals surface area contributed by atoms with Crippen LogP contribution in [-0.4, -0.2) is 52.3 Å². The van der Waals surface area contributed by atoms with Crippen molar-refractivity contribution in [3.63, 3.8) is 0 Å². The molecule has 0 unspecified atom stereocenters. The van der Waals surface area contributed by atoms with Gasteiger partial charge in [0.25, 0.3) is 0 Å². The molecular formula is C23H32N4O4. The fourth-order valence-electron chi connectivity index (χ4n) is 3.79. The largest absolute Gasteiger partial charge is 0.496 e. The molecule has 2 heterocycles. The first-order valence-corrected chi connectivity index (χ1v) is 10.6. The zero-order valence-corrected chi connectivity index (χ0v) is 18.9. The van der Waals surface area contributed by atoms with Crippen LogP contribution >= 0.6 is 0 Å². The van der Waals surface area contributed by atoms with Gasteiger partial charge in [-0.3, -0.25) is 4.79 Å². The van der Waals surface area contributed by atoms with Crippen molar-refractivity contribution in [3.05, 3.63) is 48.0 Å². The molecule has 1 fully saturated rings. The lowest BCUT2D eigenvalue weighted by atomic mass is 9.96. The molecule has 2 aromatic rings. The molecule has 0 saturated carbocycles. The topological polar surface area (TPSA) is 85.7 Å². The highest BCUT2D eigenvalue weighted by Crippen LogP contribution is 2.30. The number of piperidine rings is 1. The third-order valence-corrected chi connectivity index (χ3v) is 5.30. The van der Waals surface area contributed by atoms with Crippen LogP contribution in [0, 0.1) is 5.92 Å². The lowest BCUT2D eigenvalue weighted by Crippen LogP contribution is -2.47. The molecule has 1 aliphatic rings. The van der Waals surface area contributed by atoms with Crippen molar-refractivity contribution < 1.29 is 19.1 Å². The number of aromatic nitrogens is 2. The molecule has 0 spiro atoms. The van der Waals surface area contributed by atoms with E-state index in [2.05, 4.69) is 10.3 Å². The lowest BCUT2D eigenvalue weighted by molar-refractivity contribution is -0.127. The number of methoxy groups -OCH3 is 1. The molecule has 8 heteroatoms. The second kappa shape index (κ2) is 9.41. The Kier molecular flexibility index (Phi) is 6.87. The third-order valence-electron chi connectivity index (χ3n) is 5.30. The SMILES string of the molecule is COc1ccccc1[C@H](NC(=O)[C@@H]1CCCN(C(=O)OC(C)(C)C)C1)c1nccn1C. The minimum absolute atomic E-state index is 0.118. The molecule has 2 amide bonds. The molecule has 8 nitrogen and oxygen atoms in total. The quantitative estimate of drug-likeness (QED) is 0.790. The Hall–Kier alpha value is -3.03.